The van der Waals surface area contributed by atoms with Crippen molar-refractivity contribution in [3.8, 4) is 6.07 Å². The van der Waals surface area contributed by atoms with Crippen LogP contribution in [0.4, 0.5) is 0 Å². The molecule has 0 fully saturated rings. The van der Waals surface area contributed by atoms with Crippen molar-refractivity contribution in [2.24, 2.45) is 5.92 Å². The average molecular weight is 227 g/mol. The minimum atomic E-state index is -0.801. The first-order valence-corrected chi connectivity index (χ1v) is 5.08. The Balaban J connectivity index is 3.51. The lowest BCUT2D eigenvalue weighted by molar-refractivity contribution is -0.139. The van der Waals surface area contributed by atoms with Gasteiger partial charge in [0.1, 0.15) is 6.54 Å². The molecule has 90 valence electrons. The Kier molecular flexibility index (Phi) is 7.81. The van der Waals surface area contributed by atoms with Crippen LogP contribution in [0.25, 0.3) is 0 Å². The molecule has 0 rings (SSSR count). The zero-order chi connectivity index (χ0) is 12.4. The number of hydrogen-bond donors (Lipinski definition) is 2. The molecule has 0 aliphatic rings. The first-order chi connectivity index (χ1) is 7.57. The van der Waals surface area contributed by atoms with Crippen molar-refractivity contribution >= 4 is 11.8 Å². The van der Waals surface area contributed by atoms with Gasteiger partial charge in [0.05, 0.1) is 12.7 Å². The Hall–Kier alpha value is -1.61. The molecule has 0 bridgehead atoms. The SMILES string of the molecule is CC(C)COCCNC(=O)C(=O)NCC#N. The van der Waals surface area contributed by atoms with Crippen LogP contribution in [0.1, 0.15) is 13.8 Å². The van der Waals surface area contributed by atoms with E-state index in [9.17, 15) is 9.59 Å². The second-order valence-electron chi connectivity index (χ2n) is 3.57. The Morgan fingerprint density at radius 1 is 1.31 bits per heavy atom. The first kappa shape index (κ1) is 14.4. The lowest BCUT2D eigenvalue weighted by atomic mass is 10.2. The van der Waals surface area contributed by atoms with Crippen LogP contribution in [0.15, 0.2) is 0 Å². The summed E-state index contributed by atoms with van der Waals surface area (Å²) in [6, 6.07) is 1.71. The normalized spacial score (nSPS) is 9.62. The smallest absolute Gasteiger partial charge is 0.310 e. The molecule has 0 aromatic heterocycles. The second-order valence-corrected chi connectivity index (χ2v) is 3.57. The molecule has 0 aliphatic carbocycles. The summed E-state index contributed by atoms with van der Waals surface area (Å²) in [5, 5.41) is 12.7. The molecule has 0 aromatic rings. The van der Waals surface area contributed by atoms with Crippen molar-refractivity contribution in [1.82, 2.24) is 10.6 Å². The van der Waals surface area contributed by atoms with Gasteiger partial charge in [0, 0.05) is 13.2 Å². The van der Waals surface area contributed by atoms with Gasteiger partial charge in [0.25, 0.3) is 0 Å². The van der Waals surface area contributed by atoms with Crippen molar-refractivity contribution in [2.75, 3.05) is 26.3 Å². The number of nitrogens with one attached hydrogen (secondary N) is 2. The quantitative estimate of drug-likeness (QED) is 0.360. The van der Waals surface area contributed by atoms with Gasteiger partial charge >= 0.3 is 11.8 Å². The highest BCUT2D eigenvalue weighted by Gasteiger charge is 2.11. The third kappa shape index (κ3) is 7.76. The van der Waals surface area contributed by atoms with E-state index < -0.39 is 11.8 Å². The average Bonchev–Trinajstić information content (AvgIpc) is 2.24. The van der Waals surface area contributed by atoms with Gasteiger partial charge in [-0.15, -0.1) is 0 Å². The van der Waals surface area contributed by atoms with E-state index in [2.05, 4.69) is 10.6 Å². The highest BCUT2D eigenvalue weighted by molar-refractivity contribution is 6.35. The number of carbonyl (C=O) groups excluding carboxylic acids is 2. The van der Waals surface area contributed by atoms with Gasteiger partial charge in [0.15, 0.2) is 0 Å². The molecule has 0 aliphatic heterocycles. The third-order valence-corrected chi connectivity index (χ3v) is 1.52. The van der Waals surface area contributed by atoms with Gasteiger partial charge in [-0.05, 0) is 5.92 Å². The standard InChI is InChI=1S/C10H17N3O3/c1-8(2)7-16-6-5-13-10(15)9(14)12-4-3-11/h8H,4-7H2,1-2H3,(H,12,14)(H,13,15). The fourth-order valence-corrected chi connectivity index (χ4v) is 0.836. The molecule has 6 heteroatoms. The van der Waals surface area contributed by atoms with E-state index in [1.54, 1.807) is 6.07 Å². The molecule has 0 radical (unpaired) electrons. The highest BCUT2D eigenvalue weighted by Crippen LogP contribution is 1.90. The number of carbonyl (C=O) groups is 2. The number of hydrogen-bond acceptors (Lipinski definition) is 4. The summed E-state index contributed by atoms with van der Waals surface area (Å²) >= 11 is 0. The molecular formula is C10H17N3O3. The zero-order valence-electron chi connectivity index (χ0n) is 9.58. The van der Waals surface area contributed by atoms with Crippen molar-refractivity contribution < 1.29 is 14.3 Å². The lowest BCUT2D eigenvalue weighted by Crippen LogP contribution is -2.41. The number of nitriles is 1. The van der Waals surface area contributed by atoms with E-state index in [1.165, 1.54) is 0 Å². The fraction of sp³-hybridized carbons (Fsp3) is 0.700. The number of amides is 2. The van der Waals surface area contributed by atoms with E-state index in [0.29, 0.717) is 19.1 Å². The van der Waals surface area contributed by atoms with E-state index in [4.69, 9.17) is 10.00 Å². The monoisotopic (exact) mass is 227 g/mol. The predicted molar refractivity (Wildman–Crippen MR) is 57.3 cm³/mol. The van der Waals surface area contributed by atoms with Gasteiger partial charge in [0.2, 0.25) is 0 Å². The van der Waals surface area contributed by atoms with Gasteiger partial charge in [-0.2, -0.15) is 5.26 Å². The summed E-state index contributed by atoms with van der Waals surface area (Å²) < 4.78 is 5.21. The maximum atomic E-state index is 11.1. The van der Waals surface area contributed by atoms with Crippen molar-refractivity contribution in [1.29, 1.82) is 5.26 Å². The summed E-state index contributed by atoms with van der Waals surface area (Å²) in [4.78, 5) is 22.0. The Labute approximate surface area is 95.0 Å². The van der Waals surface area contributed by atoms with Crippen LogP contribution in [0.5, 0.6) is 0 Å². The van der Waals surface area contributed by atoms with Crippen molar-refractivity contribution in [2.45, 2.75) is 13.8 Å². The van der Waals surface area contributed by atoms with Gasteiger partial charge in [-0.3, -0.25) is 9.59 Å². The molecule has 6 nitrogen and oxygen atoms in total. The van der Waals surface area contributed by atoms with Crippen LogP contribution in [0, 0.1) is 17.2 Å². The summed E-state index contributed by atoms with van der Waals surface area (Å²) in [5.74, 6) is -1.11. The second kappa shape index (κ2) is 8.68. The molecule has 0 atom stereocenters. The molecule has 0 spiro atoms. The van der Waals surface area contributed by atoms with E-state index in [-0.39, 0.29) is 13.1 Å². The number of ether oxygens (including phenoxy) is 1. The highest BCUT2D eigenvalue weighted by atomic mass is 16.5. The molecule has 0 saturated heterocycles. The molecule has 0 unspecified atom stereocenters. The molecule has 16 heavy (non-hydrogen) atoms. The molecule has 2 amide bonds. The minimum absolute atomic E-state index is 0.171. The van der Waals surface area contributed by atoms with Gasteiger partial charge in [-0.1, -0.05) is 13.8 Å². The summed E-state index contributed by atoms with van der Waals surface area (Å²) in [6.07, 6.45) is 0. The largest absolute Gasteiger partial charge is 0.379 e. The van der Waals surface area contributed by atoms with Gasteiger partial charge in [-0.25, -0.2) is 0 Å². The Bertz CT molecular complexity index is 271. The molecule has 0 saturated carbocycles. The van der Waals surface area contributed by atoms with Crippen LogP contribution in [0.3, 0.4) is 0 Å². The van der Waals surface area contributed by atoms with E-state index in [1.807, 2.05) is 13.8 Å². The van der Waals surface area contributed by atoms with Crippen LogP contribution in [-0.4, -0.2) is 38.1 Å². The lowest BCUT2D eigenvalue weighted by Gasteiger charge is -2.07. The maximum absolute atomic E-state index is 11.1. The van der Waals surface area contributed by atoms with Crippen molar-refractivity contribution in [3.05, 3.63) is 0 Å². The predicted octanol–water partition coefficient (Wildman–Crippen LogP) is -0.585. The number of nitrogens with zero attached hydrogens (tertiary/aromatic N) is 1. The summed E-state index contributed by atoms with van der Waals surface area (Å²) in [6.45, 7) is 5.15. The Morgan fingerprint density at radius 3 is 2.50 bits per heavy atom. The first-order valence-electron chi connectivity index (χ1n) is 5.08. The topological polar surface area (TPSA) is 91.2 Å². The van der Waals surface area contributed by atoms with Crippen LogP contribution >= 0.6 is 0 Å². The molecule has 0 heterocycles. The van der Waals surface area contributed by atoms with Crippen LogP contribution in [0.2, 0.25) is 0 Å². The Morgan fingerprint density at radius 2 is 1.94 bits per heavy atom. The van der Waals surface area contributed by atoms with Crippen LogP contribution < -0.4 is 10.6 Å². The summed E-state index contributed by atoms with van der Waals surface area (Å²) in [7, 11) is 0. The molecule has 2 N–H and O–H groups in total. The molecular weight excluding hydrogens is 210 g/mol. The minimum Gasteiger partial charge on any atom is -0.379 e. The number of rotatable bonds is 6. The maximum Gasteiger partial charge on any atom is 0.310 e. The van der Waals surface area contributed by atoms with E-state index in [0.717, 1.165) is 0 Å². The third-order valence-electron chi connectivity index (χ3n) is 1.52. The fourth-order valence-electron chi connectivity index (χ4n) is 0.836. The van der Waals surface area contributed by atoms with Crippen LogP contribution in [-0.2, 0) is 14.3 Å². The van der Waals surface area contributed by atoms with Gasteiger partial charge < -0.3 is 15.4 Å². The summed E-state index contributed by atoms with van der Waals surface area (Å²) in [5.41, 5.74) is 0. The van der Waals surface area contributed by atoms with E-state index >= 15 is 0 Å². The zero-order valence-corrected chi connectivity index (χ0v) is 9.58. The molecule has 0 aromatic carbocycles. The van der Waals surface area contributed by atoms with Crippen molar-refractivity contribution in [3.63, 3.8) is 0 Å².